The molecule has 0 bridgehead atoms. The van der Waals surface area contributed by atoms with Gasteiger partial charge in [-0.2, -0.15) is 39.5 Å². The average molecular weight is 682 g/mol. The molecule has 2 aromatic heterocycles. The molecule has 2 saturated heterocycles. The van der Waals surface area contributed by atoms with Gasteiger partial charge in [0.25, 0.3) is 0 Å². The minimum atomic E-state index is -5.08. The Balaban J connectivity index is 0.000000413. The van der Waals surface area contributed by atoms with Crippen LogP contribution >= 0.6 is 0 Å². The van der Waals surface area contributed by atoms with E-state index in [9.17, 15) is 39.5 Å². The summed E-state index contributed by atoms with van der Waals surface area (Å²) in [6.45, 7) is 6.58. The lowest BCUT2D eigenvalue weighted by atomic mass is 9.80. The number of carbonyl (C=O) groups is 3. The highest BCUT2D eigenvalue weighted by Gasteiger charge is 2.40. The largest absolute Gasteiger partial charge is 0.490 e. The van der Waals surface area contributed by atoms with Crippen LogP contribution in [0.4, 0.5) is 45.2 Å². The number of hydrogen-bond acceptors (Lipinski definition) is 9. The molecular weight excluding hydrogens is 653 g/mol. The van der Waals surface area contributed by atoms with Crippen molar-refractivity contribution in [3.8, 4) is 0 Å². The van der Waals surface area contributed by atoms with Gasteiger partial charge >= 0.3 is 36.4 Å². The molecule has 0 aliphatic carbocycles. The number of aliphatic carboxylic acids is 3. The van der Waals surface area contributed by atoms with Crippen LogP contribution in [0.5, 0.6) is 0 Å². The minimum Gasteiger partial charge on any atom is -0.475 e. The molecule has 2 aromatic rings. The van der Waals surface area contributed by atoms with E-state index in [2.05, 4.69) is 36.9 Å². The van der Waals surface area contributed by atoms with E-state index in [1.54, 1.807) is 6.33 Å². The van der Waals surface area contributed by atoms with E-state index in [0.717, 1.165) is 57.3 Å². The van der Waals surface area contributed by atoms with Gasteiger partial charge in [-0.25, -0.2) is 24.4 Å². The van der Waals surface area contributed by atoms with E-state index in [1.807, 2.05) is 24.7 Å². The van der Waals surface area contributed by atoms with Gasteiger partial charge in [0.1, 0.15) is 6.33 Å². The van der Waals surface area contributed by atoms with Crippen LogP contribution < -0.4 is 4.90 Å². The monoisotopic (exact) mass is 681 g/mol. The molecule has 258 valence electrons. The maximum Gasteiger partial charge on any atom is 0.490 e. The summed E-state index contributed by atoms with van der Waals surface area (Å²) in [6.07, 6.45) is -5.57. The van der Waals surface area contributed by atoms with Crippen LogP contribution in [0.15, 0.2) is 43.1 Å². The van der Waals surface area contributed by atoms with Crippen molar-refractivity contribution in [2.24, 2.45) is 5.41 Å². The predicted molar refractivity (Wildman–Crippen MR) is 137 cm³/mol. The average Bonchev–Trinajstić information content (AvgIpc) is 3.16. The zero-order valence-corrected chi connectivity index (χ0v) is 23.5. The number of halogens is 9. The van der Waals surface area contributed by atoms with Crippen molar-refractivity contribution in [3.05, 3.63) is 48.8 Å². The van der Waals surface area contributed by atoms with Crippen molar-refractivity contribution >= 4 is 23.6 Å². The van der Waals surface area contributed by atoms with Gasteiger partial charge in [0.2, 0.25) is 0 Å². The van der Waals surface area contributed by atoms with Gasteiger partial charge in [-0.3, -0.25) is 9.88 Å². The second kappa shape index (κ2) is 17.4. The first-order valence-corrected chi connectivity index (χ1v) is 12.8. The molecular formula is C25H28F9N5O7. The second-order valence-corrected chi connectivity index (χ2v) is 9.61. The molecule has 1 atom stereocenters. The van der Waals surface area contributed by atoms with Crippen LogP contribution in [0.1, 0.15) is 18.5 Å². The summed E-state index contributed by atoms with van der Waals surface area (Å²) in [6, 6.07) is 6.15. The molecule has 1 unspecified atom stereocenters. The van der Waals surface area contributed by atoms with Crippen LogP contribution in [-0.4, -0.2) is 111 Å². The Bertz CT molecular complexity index is 1180. The fraction of sp³-hybridized carbons (Fsp3) is 0.520. The molecule has 0 aromatic carbocycles. The maximum atomic E-state index is 10.6. The van der Waals surface area contributed by atoms with Gasteiger partial charge in [-0.05, 0) is 31.5 Å². The third-order valence-corrected chi connectivity index (χ3v) is 5.93. The maximum absolute atomic E-state index is 10.6. The Labute approximate surface area is 254 Å². The molecule has 2 aliphatic heterocycles. The summed E-state index contributed by atoms with van der Waals surface area (Å²) in [5.74, 6) is -8.27. The highest BCUT2D eigenvalue weighted by atomic mass is 19.4. The molecule has 4 rings (SSSR count). The van der Waals surface area contributed by atoms with Crippen LogP contribution in [0.25, 0.3) is 0 Å². The number of ether oxygens (including phenoxy) is 1. The van der Waals surface area contributed by atoms with Crippen molar-refractivity contribution < 1.29 is 74.0 Å². The molecule has 2 aliphatic rings. The molecule has 4 heterocycles. The molecule has 0 radical (unpaired) electrons. The first-order chi connectivity index (χ1) is 21.2. The van der Waals surface area contributed by atoms with E-state index in [0.29, 0.717) is 0 Å². The Hall–Kier alpha value is -4.27. The highest BCUT2D eigenvalue weighted by Crippen LogP contribution is 2.34. The standard InChI is InChI=1S/C19H25N5O.3C2HF3O2/c1-2-6-22-17(4-1)12-23-7-3-5-19(13-23)14-24(8-9-25-15-19)18-10-20-16-21-11-18;3*3-2(4,5)1(6)7/h1-2,4,6,10-11,16H,3,5,7-9,12-15H2;3*(H,6,7). The first kappa shape index (κ1) is 39.8. The third kappa shape index (κ3) is 15.1. The van der Waals surface area contributed by atoms with E-state index >= 15 is 0 Å². The summed E-state index contributed by atoms with van der Waals surface area (Å²) < 4.78 is 101. The fourth-order valence-electron chi connectivity index (χ4n) is 4.08. The van der Waals surface area contributed by atoms with Gasteiger partial charge in [0.15, 0.2) is 0 Å². The SMILES string of the molecule is O=C(O)C(F)(F)F.O=C(O)C(F)(F)F.O=C(O)C(F)(F)F.c1ccc(CN2CCCC3(COCCN(c4cncnc4)C3)C2)nc1. The van der Waals surface area contributed by atoms with Crippen LogP contribution in [0.2, 0.25) is 0 Å². The van der Waals surface area contributed by atoms with E-state index in [-0.39, 0.29) is 5.41 Å². The van der Waals surface area contributed by atoms with Crippen LogP contribution in [0, 0.1) is 5.41 Å². The van der Waals surface area contributed by atoms with Gasteiger partial charge in [0, 0.05) is 37.8 Å². The topological polar surface area (TPSA) is 166 Å². The number of anilines is 1. The first-order valence-electron chi connectivity index (χ1n) is 12.8. The molecule has 0 amide bonds. The molecule has 46 heavy (non-hydrogen) atoms. The number of carboxylic acids is 3. The normalized spacial score (nSPS) is 18.8. The van der Waals surface area contributed by atoms with E-state index < -0.39 is 36.4 Å². The van der Waals surface area contributed by atoms with E-state index in [1.165, 1.54) is 12.8 Å². The smallest absolute Gasteiger partial charge is 0.475 e. The number of piperidine rings is 1. The van der Waals surface area contributed by atoms with Crippen molar-refractivity contribution in [1.82, 2.24) is 19.9 Å². The summed E-state index contributed by atoms with van der Waals surface area (Å²) >= 11 is 0. The van der Waals surface area contributed by atoms with Crippen LogP contribution in [-0.2, 0) is 25.7 Å². The fourth-order valence-corrected chi connectivity index (χ4v) is 4.08. The Kier molecular flexibility index (Phi) is 15.1. The summed E-state index contributed by atoms with van der Waals surface area (Å²) in [7, 11) is 0. The van der Waals surface area contributed by atoms with Crippen LogP contribution in [0.3, 0.4) is 0 Å². The van der Waals surface area contributed by atoms with Crippen molar-refractivity contribution in [2.45, 2.75) is 37.9 Å². The Morgan fingerprint density at radius 1 is 0.826 bits per heavy atom. The van der Waals surface area contributed by atoms with Gasteiger partial charge in [0.05, 0.1) is 37.0 Å². The highest BCUT2D eigenvalue weighted by molar-refractivity contribution is 5.73. The number of rotatable bonds is 3. The lowest BCUT2D eigenvalue weighted by Gasteiger charge is -2.43. The second-order valence-electron chi connectivity index (χ2n) is 9.61. The number of hydrogen-bond donors (Lipinski definition) is 3. The number of carboxylic acid groups (broad SMARTS) is 3. The van der Waals surface area contributed by atoms with Gasteiger partial charge in [-0.15, -0.1) is 0 Å². The number of alkyl halides is 9. The minimum absolute atomic E-state index is 0.166. The van der Waals surface area contributed by atoms with Crippen molar-refractivity contribution in [3.63, 3.8) is 0 Å². The molecule has 1 spiro atoms. The lowest BCUT2D eigenvalue weighted by molar-refractivity contribution is -0.193. The quantitative estimate of drug-likeness (QED) is 0.401. The Morgan fingerprint density at radius 2 is 1.35 bits per heavy atom. The zero-order chi connectivity index (χ0) is 35.2. The molecule has 12 nitrogen and oxygen atoms in total. The third-order valence-electron chi connectivity index (χ3n) is 5.93. The molecule has 0 saturated carbocycles. The summed E-state index contributed by atoms with van der Waals surface area (Å²) in [4.78, 5) is 44.5. The van der Waals surface area contributed by atoms with Crippen molar-refractivity contribution in [1.29, 1.82) is 0 Å². The number of nitrogens with zero attached hydrogens (tertiary/aromatic N) is 5. The number of likely N-dealkylation sites (tertiary alicyclic amines) is 1. The molecule has 3 N–H and O–H groups in total. The Morgan fingerprint density at radius 3 is 1.80 bits per heavy atom. The van der Waals surface area contributed by atoms with Gasteiger partial charge < -0.3 is 25.0 Å². The lowest BCUT2D eigenvalue weighted by Crippen LogP contribution is -2.50. The van der Waals surface area contributed by atoms with Crippen molar-refractivity contribution in [2.75, 3.05) is 44.3 Å². The van der Waals surface area contributed by atoms with E-state index in [4.69, 9.17) is 34.4 Å². The summed E-state index contributed by atoms with van der Waals surface area (Å²) in [5, 5.41) is 21.4. The molecule has 2 fully saturated rings. The zero-order valence-electron chi connectivity index (χ0n) is 23.5. The number of pyridine rings is 1. The number of aromatic nitrogens is 3. The summed E-state index contributed by atoms with van der Waals surface area (Å²) in [5.41, 5.74) is 2.40. The predicted octanol–water partition coefficient (Wildman–Crippen LogP) is 3.89. The molecule has 21 heteroatoms. The van der Waals surface area contributed by atoms with Gasteiger partial charge in [-0.1, -0.05) is 6.07 Å².